The number of nitrogens with one attached hydrogen (secondary N) is 3. The number of hydrogen-bond donors (Lipinski definition) is 3. The average molecular weight is 397 g/mol. The number of morpholine rings is 1. The topological polar surface area (TPSA) is 99.8 Å². The fourth-order valence-corrected chi connectivity index (χ4v) is 4.82. The van der Waals surface area contributed by atoms with Crippen molar-refractivity contribution < 1.29 is 17.9 Å². The van der Waals surface area contributed by atoms with Gasteiger partial charge in [-0.1, -0.05) is 0 Å². The molecule has 0 saturated carbocycles. The second-order valence-electron chi connectivity index (χ2n) is 6.77. The van der Waals surface area contributed by atoms with Crippen LogP contribution in [0.2, 0.25) is 0 Å². The molecule has 0 atom stereocenters. The molecule has 2 aliphatic heterocycles. The van der Waals surface area contributed by atoms with E-state index in [0.29, 0.717) is 38.5 Å². The van der Waals surface area contributed by atoms with Gasteiger partial charge in [0.15, 0.2) is 0 Å². The third-order valence-corrected chi connectivity index (χ3v) is 6.83. The zero-order valence-corrected chi connectivity index (χ0v) is 16.5. The maximum atomic E-state index is 12.9. The molecule has 150 valence electrons. The van der Waals surface area contributed by atoms with Gasteiger partial charge in [0.05, 0.1) is 29.5 Å². The smallest absolute Gasteiger partial charge is 0.243 e. The number of ether oxygens (including phenoxy) is 1. The highest BCUT2D eigenvalue weighted by molar-refractivity contribution is 7.89. The third kappa shape index (κ3) is 4.78. The molecule has 0 aliphatic carbocycles. The van der Waals surface area contributed by atoms with Crippen LogP contribution in [0.5, 0.6) is 0 Å². The molecule has 1 aromatic carbocycles. The lowest BCUT2D eigenvalue weighted by atomic mass is 9.97. The van der Waals surface area contributed by atoms with Crippen LogP contribution < -0.4 is 16.0 Å². The van der Waals surface area contributed by atoms with Crippen molar-refractivity contribution in [3.8, 4) is 0 Å². The van der Waals surface area contributed by atoms with E-state index in [4.69, 9.17) is 4.74 Å². The van der Waals surface area contributed by atoms with Crippen LogP contribution in [-0.4, -0.2) is 64.6 Å². The van der Waals surface area contributed by atoms with Gasteiger partial charge in [0, 0.05) is 25.6 Å². The molecule has 8 nitrogen and oxygen atoms in total. The summed E-state index contributed by atoms with van der Waals surface area (Å²) < 4.78 is 32.5. The van der Waals surface area contributed by atoms with Crippen LogP contribution in [0.1, 0.15) is 19.8 Å². The van der Waals surface area contributed by atoms with Crippen molar-refractivity contribution in [2.45, 2.75) is 24.7 Å². The molecule has 0 bridgehead atoms. The van der Waals surface area contributed by atoms with Gasteiger partial charge < -0.3 is 20.7 Å². The number of sulfonamides is 1. The average Bonchev–Trinajstić information content (AvgIpc) is 2.70. The fraction of sp³-hybridized carbons (Fsp3) is 0.611. The second-order valence-corrected chi connectivity index (χ2v) is 8.71. The van der Waals surface area contributed by atoms with E-state index in [0.717, 1.165) is 31.6 Å². The minimum atomic E-state index is -3.61. The first-order chi connectivity index (χ1) is 13.0. The lowest BCUT2D eigenvalue weighted by Gasteiger charge is -2.27. The Morgan fingerprint density at radius 3 is 2.59 bits per heavy atom. The van der Waals surface area contributed by atoms with Crippen LogP contribution in [0.25, 0.3) is 0 Å². The molecule has 0 radical (unpaired) electrons. The standard InChI is InChI=1S/C18H28N4O4S/c1-2-20-16-4-3-15(27(24,25)22-9-11-26-12-10-22)13-17(16)21-18(23)14-5-7-19-8-6-14/h3-4,13-14,19-20H,2,5-12H2,1H3,(H,21,23). The number of benzene rings is 1. The molecule has 3 N–H and O–H groups in total. The minimum absolute atomic E-state index is 0.0553. The second kappa shape index (κ2) is 9.01. The number of nitrogens with zero attached hydrogens (tertiary/aromatic N) is 1. The van der Waals surface area contributed by atoms with E-state index in [1.165, 1.54) is 4.31 Å². The van der Waals surface area contributed by atoms with Gasteiger partial charge in [-0.25, -0.2) is 8.42 Å². The monoisotopic (exact) mass is 396 g/mol. The summed E-state index contributed by atoms with van der Waals surface area (Å²) in [6, 6.07) is 4.86. The summed E-state index contributed by atoms with van der Waals surface area (Å²) in [4.78, 5) is 12.8. The van der Waals surface area contributed by atoms with E-state index in [9.17, 15) is 13.2 Å². The van der Waals surface area contributed by atoms with Crippen LogP contribution in [0.4, 0.5) is 11.4 Å². The molecule has 2 saturated heterocycles. The molecule has 0 aromatic heterocycles. The summed E-state index contributed by atoms with van der Waals surface area (Å²) >= 11 is 0. The normalized spacial score (nSPS) is 19.6. The van der Waals surface area contributed by atoms with E-state index >= 15 is 0 Å². The Labute approximate surface area is 160 Å². The first-order valence-electron chi connectivity index (χ1n) is 9.49. The minimum Gasteiger partial charge on any atom is -0.384 e. The van der Waals surface area contributed by atoms with Crippen molar-refractivity contribution >= 4 is 27.3 Å². The van der Waals surface area contributed by atoms with Crippen molar-refractivity contribution in [1.82, 2.24) is 9.62 Å². The summed E-state index contributed by atoms with van der Waals surface area (Å²) in [5, 5.41) is 9.37. The van der Waals surface area contributed by atoms with Crippen LogP contribution in [0, 0.1) is 5.92 Å². The van der Waals surface area contributed by atoms with Crippen LogP contribution in [0.3, 0.4) is 0 Å². The van der Waals surface area contributed by atoms with Crippen molar-refractivity contribution in [2.75, 3.05) is 56.6 Å². The molecule has 2 fully saturated rings. The van der Waals surface area contributed by atoms with Gasteiger partial charge in [-0.3, -0.25) is 4.79 Å². The number of amides is 1. The zero-order valence-electron chi connectivity index (χ0n) is 15.7. The van der Waals surface area contributed by atoms with Gasteiger partial charge in [0.2, 0.25) is 15.9 Å². The Bertz CT molecular complexity index is 757. The number of piperidine rings is 1. The number of hydrogen-bond acceptors (Lipinski definition) is 6. The Hall–Kier alpha value is -1.68. The molecule has 1 aromatic rings. The van der Waals surface area contributed by atoms with Crippen LogP contribution in [0.15, 0.2) is 23.1 Å². The molecule has 9 heteroatoms. The van der Waals surface area contributed by atoms with Gasteiger partial charge >= 0.3 is 0 Å². The van der Waals surface area contributed by atoms with Gasteiger partial charge in [0.1, 0.15) is 0 Å². The Kier molecular flexibility index (Phi) is 6.69. The first kappa shape index (κ1) is 20.1. The van der Waals surface area contributed by atoms with E-state index in [1.54, 1.807) is 18.2 Å². The molecule has 27 heavy (non-hydrogen) atoms. The summed E-state index contributed by atoms with van der Waals surface area (Å²) in [5.41, 5.74) is 1.23. The van der Waals surface area contributed by atoms with Gasteiger partial charge in [0.25, 0.3) is 0 Å². The Morgan fingerprint density at radius 2 is 1.93 bits per heavy atom. The lowest BCUT2D eigenvalue weighted by Crippen LogP contribution is -2.40. The highest BCUT2D eigenvalue weighted by Crippen LogP contribution is 2.28. The first-order valence-corrected chi connectivity index (χ1v) is 10.9. The Morgan fingerprint density at radius 1 is 1.22 bits per heavy atom. The zero-order chi connectivity index (χ0) is 19.3. The number of carbonyl (C=O) groups excluding carboxylic acids is 1. The van der Waals surface area contributed by atoms with E-state index in [-0.39, 0.29) is 16.7 Å². The highest BCUT2D eigenvalue weighted by Gasteiger charge is 2.28. The SMILES string of the molecule is CCNc1ccc(S(=O)(=O)N2CCOCC2)cc1NC(=O)C1CCNCC1. The van der Waals surface area contributed by atoms with E-state index in [2.05, 4.69) is 16.0 Å². The molecule has 1 amide bonds. The highest BCUT2D eigenvalue weighted by atomic mass is 32.2. The predicted molar refractivity (Wildman–Crippen MR) is 104 cm³/mol. The summed E-state index contributed by atoms with van der Waals surface area (Å²) in [6.45, 7) is 5.75. The summed E-state index contributed by atoms with van der Waals surface area (Å²) in [7, 11) is -3.61. The summed E-state index contributed by atoms with van der Waals surface area (Å²) in [6.07, 6.45) is 1.57. The summed E-state index contributed by atoms with van der Waals surface area (Å²) in [5.74, 6) is -0.114. The molecule has 0 unspecified atom stereocenters. The number of rotatable bonds is 6. The lowest BCUT2D eigenvalue weighted by molar-refractivity contribution is -0.120. The van der Waals surface area contributed by atoms with Crippen molar-refractivity contribution in [3.63, 3.8) is 0 Å². The number of carbonyl (C=O) groups is 1. The van der Waals surface area contributed by atoms with Gasteiger partial charge in [-0.15, -0.1) is 0 Å². The third-order valence-electron chi connectivity index (χ3n) is 4.93. The molecule has 3 rings (SSSR count). The van der Waals surface area contributed by atoms with Gasteiger partial charge in [-0.05, 0) is 51.1 Å². The number of anilines is 2. The molecule has 0 spiro atoms. The molecular weight excluding hydrogens is 368 g/mol. The largest absolute Gasteiger partial charge is 0.384 e. The van der Waals surface area contributed by atoms with E-state index < -0.39 is 10.0 Å². The maximum absolute atomic E-state index is 12.9. The molecular formula is C18H28N4O4S. The van der Waals surface area contributed by atoms with Crippen molar-refractivity contribution in [1.29, 1.82) is 0 Å². The van der Waals surface area contributed by atoms with Gasteiger partial charge in [-0.2, -0.15) is 4.31 Å². The maximum Gasteiger partial charge on any atom is 0.243 e. The molecule has 2 heterocycles. The van der Waals surface area contributed by atoms with Crippen molar-refractivity contribution in [2.24, 2.45) is 5.92 Å². The van der Waals surface area contributed by atoms with Crippen molar-refractivity contribution in [3.05, 3.63) is 18.2 Å². The van der Waals surface area contributed by atoms with Crippen LogP contribution in [-0.2, 0) is 19.6 Å². The van der Waals surface area contributed by atoms with E-state index in [1.807, 2.05) is 6.92 Å². The quantitative estimate of drug-likeness (QED) is 0.665. The van der Waals surface area contributed by atoms with Crippen LogP contribution >= 0.6 is 0 Å². The fourth-order valence-electron chi connectivity index (χ4n) is 3.39. The Balaban J connectivity index is 1.84. The molecule has 2 aliphatic rings. The predicted octanol–water partition coefficient (Wildman–Crippen LogP) is 1.08.